The lowest BCUT2D eigenvalue weighted by atomic mass is 9.91. The molecular formula is C26H23FN4O. The van der Waals surface area contributed by atoms with E-state index in [4.69, 9.17) is 0 Å². The Balaban J connectivity index is 1.42. The van der Waals surface area contributed by atoms with Crippen LogP contribution in [-0.4, -0.2) is 27.2 Å². The third kappa shape index (κ3) is 3.68. The van der Waals surface area contributed by atoms with Crippen LogP contribution in [0.15, 0.2) is 67.1 Å². The van der Waals surface area contributed by atoms with E-state index in [0.29, 0.717) is 23.5 Å². The maximum Gasteiger partial charge on any atom is 0.259 e. The summed E-state index contributed by atoms with van der Waals surface area (Å²) in [5.74, 6) is 0.0472. The van der Waals surface area contributed by atoms with E-state index in [2.05, 4.69) is 35.2 Å². The summed E-state index contributed by atoms with van der Waals surface area (Å²) in [6.07, 6.45) is 6.34. The molecule has 4 aromatic rings. The number of aromatic nitrogens is 3. The van der Waals surface area contributed by atoms with Gasteiger partial charge in [0.25, 0.3) is 5.91 Å². The second-order valence-corrected chi connectivity index (χ2v) is 8.23. The third-order valence-electron chi connectivity index (χ3n) is 6.05. The molecule has 5 rings (SSSR count). The average Bonchev–Trinajstić information content (AvgIpc) is 3.33. The van der Waals surface area contributed by atoms with E-state index in [1.54, 1.807) is 24.1 Å². The minimum absolute atomic E-state index is 0.0833. The van der Waals surface area contributed by atoms with Crippen LogP contribution in [0.4, 0.5) is 10.2 Å². The van der Waals surface area contributed by atoms with Crippen molar-refractivity contribution in [2.45, 2.75) is 26.7 Å². The molecule has 0 bridgehead atoms. The zero-order valence-electron chi connectivity index (χ0n) is 18.0. The zero-order chi connectivity index (χ0) is 22.2. The first-order valence-corrected chi connectivity index (χ1v) is 10.6. The van der Waals surface area contributed by atoms with E-state index in [1.807, 2.05) is 35.1 Å². The van der Waals surface area contributed by atoms with E-state index in [9.17, 15) is 9.18 Å². The molecule has 2 aromatic heterocycles. The number of carbonyl (C=O) groups excluding carboxylic acids is 1. The molecule has 0 N–H and O–H groups in total. The van der Waals surface area contributed by atoms with Crippen molar-refractivity contribution in [3.63, 3.8) is 0 Å². The molecule has 0 unspecified atom stereocenters. The molecule has 6 heteroatoms. The van der Waals surface area contributed by atoms with Gasteiger partial charge in [-0.3, -0.25) is 9.69 Å². The number of halogens is 1. The lowest BCUT2D eigenvalue weighted by Gasteiger charge is -2.29. The van der Waals surface area contributed by atoms with Gasteiger partial charge in [0.2, 0.25) is 0 Å². The maximum atomic E-state index is 13.6. The summed E-state index contributed by atoms with van der Waals surface area (Å²) in [6.45, 7) is 4.31. The number of anilines is 1. The smallest absolute Gasteiger partial charge is 0.259 e. The van der Waals surface area contributed by atoms with Crippen LogP contribution >= 0.6 is 0 Å². The van der Waals surface area contributed by atoms with Gasteiger partial charge >= 0.3 is 0 Å². The Labute approximate surface area is 186 Å². The van der Waals surface area contributed by atoms with Crippen LogP contribution in [0.3, 0.4) is 0 Å². The van der Waals surface area contributed by atoms with E-state index < -0.39 is 0 Å². The van der Waals surface area contributed by atoms with Crippen molar-refractivity contribution in [3.05, 3.63) is 106 Å². The summed E-state index contributed by atoms with van der Waals surface area (Å²) in [7, 11) is 0. The van der Waals surface area contributed by atoms with Crippen molar-refractivity contribution in [3.8, 4) is 5.69 Å². The molecule has 0 spiro atoms. The van der Waals surface area contributed by atoms with Gasteiger partial charge in [0.1, 0.15) is 11.6 Å². The Morgan fingerprint density at radius 2 is 1.88 bits per heavy atom. The highest BCUT2D eigenvalue weighted by Crippen LogP contribution is 2.28. The first kappa shape index (κ1) is 20.1. The van der Waals surface area contributed by atoms with Gasteiger partial charge in [-0.2, -0.15) is 5.10 Å². The number of aryl methyl sites for hydroxylation is 2. The van der Waals surface area contributed by atoms with Crippen molar-refractivity contribution in [2.75, 3.05) is 11.4 Å². The number of hydrogen-bond donors (Lipinski definition) is 0. The molecule has 5 nitrogen and oxygen atoms in total. The molecule has 160 valence electrons. The number of nitrogens with zero attached hydrogens (tertiary/aromatic N) is 4. The molecule has 1 amide bonds. The van der Waals surface area contributed by atoms with Gasteiger partial charge in [-0.15, -0.1) is 0 Å². The Morgan fingerprint density at radius 1 is 1.06 bits per heavy atom. The van der Waals surface area contributed by atoms with Crippen molar-refractivity contribution >= 4 is 11.7 Å². The van der Waals surface area contributed by atoms with Gasteiger partial charge in [-0.25, -0.2) is 14.1 Å². The first-order chi connectivity index (χ1) is 15.5. The molecule has 3 heterocycles. The van der Waals surface area contributed by atoms with Gasteiger partial charge in [-0.05, 0) is 84.8 Å². The van der Waals surface area contributed by atoms with Crippen LogP contribution in [0.25, 0.3) is 5.69 Å². The zero-order valence-corrected chi connectivity index (χ0v) is 18.0. The van der Waals surface area contributed by atoms with E-state index in [1.165, 1.54) is 17.3 Å². The SMILES string of the molecule is Cc1cc(N2CCc3cc(C)c(Cc4ccc(-n5cccn5)cc4)cc3C2=O)ncc1F. The van der Waals surface area contributed by atoms with Crippen LogP contribution in [0.5, 0.6) is 0 Å². The number of hydrogen-bond acceptors (Lipinski definition) is 3. The van der Waals surface area contributed by atoms with Gasteiger partial charge < -0.3 is 0 Å². The average molecular weight is 426 g/mol. The van der Waals surface area contributed by atoms with Crippen LogP contribution in [0.1, 0.15) is 38.2 Å². The van der Waals surface area contributed by atoms with Crippen molar-refractivity contribution < 1.29 is 9.18 Å². The number of rotatable bonds is 4. The molecule has 1 aliphatic rings. The fourth-order valence-corrected chi connectivity index (χ4v) is 4.19. The molecule has 1 aliphatic heterocycles. The molecule has 0 saturated carbocycles. The minimum Gasteiger partial charge on any atom is -0.292 e. The highest BCUT2D eigenvalue weighted by molar-refractivity contribution is 6.08. The molecule has 0 aliphatic carbocycles. The van der Waals surface area contributed by atoms with Crippen LogP contribution in [0, 0.1) is 19.7 Å². The summed E-state index contributed by atoms with van der Waals surface area (Å²) in [5.41, 5.74) is 6.71. The highest BCUT2D eigenvalue weighted by Gasteiger charge is 2.27. The lowest BCUT2D eigenvalue weighted by Crippen LogP contribution is -2.38. The van der Waals surface area contributed by atoms with Crippen LogP contribution in [0.2, 0.25) is 0 Å². The molecule has 2 aromatic carbocycles. The summed E-state index contributed by atoms with van der Waals surface area (Å²) < 4.78 is 15.5. The quantitative estimate of drug-likeness (QED) is 0.470. The van der Waals surface area contributed by atoms with Gasteiger partial charge in [0.05, 0.1) is 11.9 Å². The Hall–Kier alpha value is -3.80. The molecule has 0 saturated heterocycles. The predicted molar refractivity (Wildman–Crippen MR) is 122 cm³/mol. The minimum atomic E-state index is -0.366. The van der Waals surface area contributed by atoms with E-state index in [0.717, 1.165) is 29.7 Å². The standard InChI is InChI=1S/C26H23FN4O/c1-17-12-20-8-11-30(25-13-18(2)24(27)16-28-25)26(32)23(20)15-21(17)14-19-4-6-22(7-5-19)31-10-3-9-29-31/h3-7,9-10,12-13,15-16H,8,11,14H2,1-2H3. The van der Waals surface area contributed by atoms with E-state index >= 15 is 0 Å². The van der Waals surface area contributed by atoms with E-state index in [-0.39, 0.29) is 11.7 Å². The molecular weight excluding hydrogens is 403 g/mol. The van der Waals surface area contributed by atoms with Gasteiger partial charge in [0, 0.05) is 24.5 Å². The second-order valence-electron chi connectivity index (χ2n) is 8.23. The molecule has 0 fully saturated rings. The Morgan fingerprint density at radius 3 is 2.59 bits per heavy atom. The summed E-state index contributed by atoms with van der Waals surface area (Å²) in [4.78, 5) is 19.1. The lowest BCUT2D eigenvalue weighted by molar-refractivity contribution is 0.0979. The molecule has 0 atom stereocenters. The monoisotopic (exact) mass is 426 g/mol. The maximum absolute atomic E-state index is 13.6. The fraction of sp³-hybridized carbons (Fsp3) is 0.192. The number of carbonyl (C=O) groups is 1. The summed E-state index contributed by atoms with van der Waals surface area (Å²) in [6, 6.07) is 15.9. The molecule has 32 heavy (non-hydrogen) atoms. The largest absolute Gasteiger partial charge is 0.292 e. The van der Waals surface area contributed by atoms with Gasteiger partial charge in [-0.1, -0.05) is 18.2 Å². The van der Waals surface area contributed by atoms with Crippen molar-refractivity contribution in [2.24, 2.45) is 0 Å². The van der Waals surface area contributed by atoms with Crippen LogP contribution < -0.4 is 4.90 Å². The Kier molecular flexibility index (Phi) is 5.05. The first-order valence-electron chi connectivity index (χ1n) is 10.6. The highest BCUT2D eigenvalue weighted by atomic mass is 19.1. The number of amides is 1. The van der Waals surface area contributed by atoms with Crippen molar-refractivity contribution in [1.82, 2.24) is 14.8 Å². The number of pyridine rings is 1. The van der Waals surface area contributed by atoms with Gasteiger partial charge in [0.15, 0.2) is 0 Å². The number of fused-ring (bicyclic) bond motifs is 1. The van der Waals surface area contributed by atoms with Crippen LogP contribution in [-0.2, 0) is 12.8 Å². The summed E-state index contributed by atoms with van der Waals surface area (Å²) in [5, 5.41) is 4.26. The normalized spacial score (nSPS) is 13.3. The van der Waals surface area contributed by atoms with Crippen molar-refractivity contribution in [1.29, 1.82) is 0 Å². The topological polar surface area (TPSA) is 51.0 Å². The number of benzene rings is 2. The Bertz CT molecular complexity index is 1300. The fourth-order valence-electron chi connectivity index (χ4n) is 4.19. The molecule has 0 radical (unpaired) electrons. The third-order valence-corrected chi connectivity index (χ3v) is 6.05. The second kappa shape index (κ2) is 8.04. The summed E-state index contributed by atoms with van der Waals surface area (Å²) >= 11 is 0. The predicted octanol–water partition coefficient (Wildman–Crippen LogP) is 4.82.